The monoisotopic (exact) mass is 237 g/mol. The Bertz CT molecular complexity index is 483. The van der Waals surface area contributed by atoms with E-state index in [-0.39, 0.29) is 11.3 Å². The van der Waals surface area contributed by atoms with Gasteiger partial charge < -0.3 is 9.47 Å². The maximum atomic E-state index is 11.6. The molecule has 0 radical (unpaired) electrons. The van der Waals surface area contributed by atoms with Crippen LogP contribution in [-0.4, -0.2) is 24.6 Å². The number of ether oxygens (including phenoxy) is 2. The molecule has 0 saturated heterocycles. The molecule has 17 heavy (non-hydrogen) atoms. The molecule has 0 unspecified atom stereocenters. The Morgan fingerprint density at radius 1 is 1.53 bits per heavy atom. The number of benzene rings is 1. The molecule has 6 nitrogen and oxygen atoms in total. The van der Waals surface area contributed by atoms with Crippen LogP contribution in [0.2, 0.25) is 0 Å². The van der Waals surface area contributed by atoms with Gasteiger partial charge in [-0.3, -0.25) is 10.1 Å². The second-order valence-corrected chi connectivity index (χ2v) is 3.68. The molecule has 0 fully saturated rings. The van der Waals surface area contributed by atoms with Crippen LogP contribution in [0, 0.1) is 10.1 Å². The summed E-state index contributed by atoms with van der Waals surface area (Å²) in [5.41, 5.74) is 1.62. The predicted molar refractivity (Wildman–Crippen MR) is 57.8 cm³/mol. The highest BCUT2D eigenvalue weighted by molar-refractivity contribution is 5.92. The summed E-state index contributed by atoms with van der Waals surface area (Å²) in [6, 6.07) is 2.71. The summed E-state index contributed by atoms with van der Waals surface area (Å²) in [6.07, 6.45) is 0.567. The number of nitrogens with zero attached hydrogens (tertiary/aromatic N) is 1. The first-order chi connectivity index (χ1) is 8.13. The fourth-order valence-corrected chi connectivity index (χ4v) is 1.89. The van der Waals surface area contributed by atoms with Crippen molar-refractivity contribution in [3.8, 4) is 0 Å². The van der Waals surface area contributed by atoms with Gasteiger partial charge in [-0.25, -0.2) is 4.79 Å². The van der Waals surface area contributed by atoms with Crippen molar-refractivity contribution in [3.63, 3.8) is 0 Å². The van der Waals surface area contributed by atoms with Crippen LogP contribution in [0.4, 0.5) is 5.69 Å². The molecule has 1 heterocycles. The van der Waals surface area contributed by atoms with Gasteiger partial charge >= 0.3 is 5.97 Å². The van der Waals surface area contributed by atoms with Gasteiger partial charge in [0.2, 0.25) is 0 Å². The van der Waals surface area contributed by atoms with Crippen LogP contribution in [0.15, 0.2) is 12.1 Å². The zero-order valence-electron chi connectivity index (χ0n) is 9.26. The zero-order valence-corrected chi connectivity index (χ0v) is 9.26. The molecule has 6 heteroatoms. The molecular formula is C11H11NO5. The first-order valence-electron chi connectivity index (χ1n) is 5.09. The topological polar surface area (TPSA) is 78.7 Å². The Balaban J connectivity index is 2.58. The summed E-state index contributed by atoms with van der Waals surface area (Å²) >= 11 is 0. The van der Waals surface area contributed by atoms with E-state index in [0.29, 0.717) is 25.2 Å². The van der Waals surface area contributed by atoms with Gasteiger partial charge in [0.05, 0.1) is 30.8 Å². The lowest BCUT2D eigenvalue weighted by Crippen LogP contribution is -2.16. The third-order valence-corrected chi connectivity index (χ3v) is 2.70. The van der Waals surface area contributed by atoms with Crippen molar-refractivity contribution >= 4 is 11.7 Å². The highest BCUT2D eigenvalue weighted by atomic mass is 16.6. The predicted octanol–water partition coefficient (Wildman–Crippen LogP) is 1.45. The quantitative estimate of drug-likeness (QED) is 0.442. The maximum Gasteiger partial charge on any atom is 0.338 e. The van der Waals surface area contributed by atoms with Gasteiger partial charge in [-0.1, -0.05) is 0 Å². The summed E-state index contributed by atoms with van der Waals surface area (Å²) in [5.74, 6) is -0.549. The molecule has 1 aromatic rings. The second-order valence-electron chi connectivity index (χ2n) is 3.68. The van der Waals surface area contributed by atoms with Crippen molar-refractivity contribution in [3.05, 3.63) is 38.9 Å². The highest BCUT2D eigenvalue weighted by Gasteiger charge is 2.23. The largest absolute Gasteiger partial charge is 0.465 e. The Hall–Kier alpha value is -1.95. The van der Waals surface area contributed by atoms with Gasteiger partial charge in [0, 0.05) is 12.1 Å². The first-order valence-corrected chi connectivity index (χ1v) is 5.09. The van der Waals surface area contributed by atoms with E-state index in [1.165, 1.54) is 19.2 Å². The fraction of sp³-hybridized carbons (Fsp3) is 0.364. The minimum atomic E-state index is -0.549. The minimum absolute atomic E-state index is 0.116. The van der Waals surface area contributed by atoms with Crippen LogP contribution < -0.4 is 0 Å². The molecule has 1 aliphatic heterocycles. The summed E-state index contributed by atoms with van der Waals surface area (Å²) < 4.78 is 9.86. The molecule has 0 amide bonds. The number of nitro benzene ring substituents is 1. The number of rotatable bonds is 2. The number of non-ortho nitro benzene ring substituents is 1. The van der Waals surface area contributed by atoms with Crippen LogP contribution >= 0.6 is 0 Å². The third kappa shape index (κ3) is 2.12. The Morgan fingerprint density at radius 3 is 2.94 bits per heavy atom. The van der Waals surface area contributed by atoms with Crippen LogP contribution in [-0.2, 0) is 22.5 Å². The molecule has 0 aliphatic carbocycles. The van der Waals surface area contributed by atoms with Crippen LogP contribution in [0.5, 0.6) is 0 Å². The van der Waals surface area contributed by atoms with E-state index in [2.05, 4.69) is 4.74 Å². The van der Waals surface area contributed by atoms with E-state index >= 15 is 0 Å². The molecule has 1 aliphatic rings. The molecule has 0 N–H and O–H groups in total. The lowest BCUT2D eigenvalue weighted by molar-refractivity contribution is -0.385. The maximum absolute atomic E-state index is 11.6. The minimum Gasteiger partial charge on any atom is -0.465 e. The molecule has 1 aromatic carbocycles. The fourth-order valence-electron chi connectivity index (χ4n) is 1.89. The second kappa shape index (κ2) is 4.50. The summed E-state index contributed by atoms with van der Waals surface area (Å²) in [4.78, 5) is 21.8. The summed E-state index contributed by atoms with van der Waals surface area (Å²) in [6.45, 7) is 0.801. The van der Waals surface area contributed by atoms with Gasteiger partial charge in [-0.05, 0) is 17.5 Å². The van der Waals surface area contributed by atoms with Gasteiger partial charge in [-0.15, -0.1) is 0 Å². The standard InChI is InChI=1S/C11H11NO5/c1-16-11(13)10-5-8(12(14)15)4-7-6-17-3-2-9(7)10/h4-5H,2-3,6H2,1H3. The summed E-state index contributed by atoms with van der Waals surface area (Å²) in [7, 11) is 1.26. The van der Waals surface area contributed by atoms with Gasteiger partial charge in [-0.2, -0.15) is 0 Å². The van der Waals surface area contributed by atoms with E-state index in [1.807, 2.05) is 0 Å². The molecule has 0 saturated carbocycles. The normalized spacial score (nSPS) is 13.9. The van der Waals surface area contributed by atoms with Crippen LogP contribution in [0.1, 0.15) is 21.5 Å². The number of methoxy groups -OCH3 is 1. The molecule has 2 rings (SSSR count). The number of carbonyl (C=O) groups excluding carboxylic acids is 1. The zero-order chi connectivity index (χ0) is 12.4. The smallest absolute Gasteiger partial charge is 0.338 e. The van der Waals surface area contributed by atoms with E-state index in [0.717, 1.165) is 5.56 Å². The number of carbonyl (C=O) groups is 1. The molecule has 0 bridgehead atoms. The lowest BCUT2D eigenvalue weighted by atomic mass is 9.96. The lowest BCUT2D eigenvalue weighted by Gasteiger charge is -2.18. The summed E-state index contributed by atoms with van der Waals surface area (Å²) in [5, 5.41) is 10.8. The van der Waals surface area contributed by atoms with Gasteiger partial charge in [0.25, 0.3) is 5.69 Å². The SMILES string of the molecule is COC(=O)c1cc([N+](=O)[O-])cc2c1CCOC2. The third-order valence-electron chi connectivity index (χ3n) is 2.70. The van der Waals surface area contributed by atoms with Crippen molar-refractivity contribution in [2.24, 2.45) is 0 Å². The number of nitro groups is 1. The Labute approximate surface area is 97.3 Å². The first kappa shape index (κ1) is 11.5. The van der Waals surface area contributed by atoms with Crippen molar-refractivity contribution in [1.29, 1.82) is 0 Å². The average Bonchev–Trinajstić information content (AvgIpc) is 2.36. The van der Waals surface area contributed by atoms with E-state index < -0.39 is 10.9 Å². The van der Waals surface area contributed by atoms with Crippen molar-refractivity contribution < 1.29 is 19.2 Å². The molecule has 0 atom stereocenters. The van der Waals surface area contributed by atoms with Crippen molar-refractivity contribution in [2.45, 2.75) is 13.0 Å². The van der Waals surface area contributed by atoms with E-state index in [4.69, 9.17) is 4.74 Å². The Morgan fingerprint density at radius 2 is 2.29 bits per heavy atom. The molecule has 0 spiro atoms. The molecule has 0 aromatic heterocycles. The highest BCUT2D eigenvalue weighted by Crippen LogP contribution is 2.27. The molecule has 90 valence electrons. The number of esters is 1. The van der Waals surface area contributed by atoms with Gasteiger partial charge in [0.15, 0.2) is 0 Å². The average molecular weight is 237 g/mol. The molecular weight excluding hydrogens is 226 g/mol. The Kier molecular flexibility index (Phi) is 3.06. The van der Waals surface area contributed by atoms with Gasteiger partial charge in [0.1, 0.15) is 0 Å². The van der Waals surface area contributed by atoms with Crippen LogP contribution in [0.25, 0.3) is 0 Å². The van der Waals surface area contributed by atoms with Crippen LogP contribution in [0.3, 0.4) is 0 Å². The number of hydrogen-bond donors (Lipinski definition) is 0. The van der Waals surface area contributed by atoms with Crippen molar-refractivity contribution in [1.82, 2.24) is 0 Å². The van der Waals surface area contributed by atoms with Crippen molar-refractivity contribution in [2.75, 3.05) is 13.7 Å². The number of hydrogen-bond acceptors (Lipinski definition) is 5. The number of fused-ring (bicyclic) bond motifs is 1. The van der Waals surface area contributed by atoms with E-state index in [9.17, 15) is 14.9 Å². The van der Waals surface area contributed by atoms with E-state index in [1.54, 1.807) is 0 Å².